The lowest BCUT2D eigenvalue weighted by molar-refractivity contribution is 0.191. The van der Waals surface area contributed by atoms with Crippen LogP contribution < -0.4 is 5.73 Å². The number of rotatable bonds is 5. The van der Waals surface area contributed by atoms with Crippen LogP contribution in [0.3, 0.4) is 0 Å². The van der Waals surface area contributed by atoms with Gasteiger partial charge < -0.3 is 5.73 Å². The summed E-state index contributed by atoms with van der Waals surface area (Å²) in [6, 6.07) is 7.96. The molecule has 0 saturated carbocycles. The molecular weight excluding hydrogens is 239 g/mol. The largest absolute Gasteiger partial charge is 0.324 e. The van der Waals surface area contributed by atoms with Crippen LogP contribution >= 0.6 is 0 Å². The third kappa shape index (κ3) is 3.54. The van der Waals surface area contributed by atoms with Crippen molar-refractivity contribution < 1.29 is 4.39 Å². The topological polar surface area (TPSA) is 29.3 Å². The second kappa shape index (κ2) is 6.49. The molecule has 0 bridgehead atoms. The molecule has 2 nitrogen and oxygen atoms in total. The maximum atomic E-state index is 12.9. The first-order valence-corrected chi connectivity index (χ1v) is 7.38. The van der Waals surface area contributed by atoms with E-state index in [1.54, 1.807) is 12.1 Å². The number of benzene rings is 1. The molecule has 1 fully saturated rings. The van der Waals surface area contributed by atoms with Gasteiger partial charge in [0, 0.05) is 24.7 Å². The fraction of sp³-hybridized carbons (Fsp3) is 0.625. The molecule has 2 rings (SSSR count). The van der Waals surface area contributed by atoms with Crippen molar-refractivity contribution in [3.63, 3.8) is 0 Å². The van der Waals surface area contributed by atoms with E-state index in [-0.39, 0.29) is 11.9 Å². The van der Waals surface area contributed by atoms with E-state index < -0.39 is 0 Å². The highest BCUT2D eigenvalue weighted by Gasteiger charge is 2.28. The van der Waals surface area contributed by atoms with E-state index in [1.165, 1.54) is 31.4 Å². The van der Waals surface area contributed by atoms with E-state index in [4.69, 9.17) is 5.73 Å². The van der Waals surface area contributed by atoms with Crippen molar-refractivity contribution in [1.82, 2.24) is 4.90 Å². The van der Waals surface area contributed by atoms with Crippen LogP contribution in [0.5, 0.6) is 0 Å². The summed E-state index contributed by atoms with van der Waals surface area (Å²) in [5.41, 5.74) is 7.24. The molecule has 19 heavy (non-hydrogen) atoms. The molecule has 106 valence electrons. The second-order valence-corrected chi connectivity index (χ2v) is 5.67. The van der Waals surface area contributed by atoms with Gasteiger partial charge >= 0.3 is 0 Å². The molecule has 1 saturated heterocycles. The van der Waals surface area contributed by atoms with Crippen LogP contribution in [0.2, 0.25) is 0 Å². The van der Waals surface area contributed by atoms with Crippen LogP contribution in [0, 0.1) is 5.82 Å². The van der Waals surface area contributed by atoms with Gasteiger partial charge in [-0.05, 0) is 50.3 Å². The van der Waals surface area contributed by atoms with Gasteiger partial charge in [0.25, 0.3) is 0 Å². The van der Waals surface area contributed by atoms with E-state index in [9.17, 15) is 4.39 Å². The van der Waals surface area contributed by atoms with Crippen molar-refractivity contribution in [2.45, 2.75) is 57.7 Å². The monoisotopic (exact) mass is 264 g/mol. The van der Waals surface area contributed by atoms with E-state index in [0.29, 0.717) is 6.04 Å². The summed E-state index contributed by atoms with van der Waals surface area (Å²) < 4.78 is 12.9. The molecule has 2 N–H and O–H groups in total. The number of likely N-dealkylation sites (tertiary alicyclic amines) is 1. The molecule has 1 heterocycles. The van der Waals surface area contributed by atoms with E-state index in [0.717, 1.165) is 24.6 Å². The van der Waals surface area contributed by atoms with Crippen LogP contribution in [-0.2, 0) is 0 Å². The Morgan fingerprint density at radius 1 is 1.32 bits per heavy atom. The minimum Gasteiger partial charge on any atom is -0.324 e. The van der Waals surface area contributed by atoms with E-state index >= 15 is 0 Å². The standard InChI is InChI=1S/C16H25FN2/c1-3-15-9-4-12(2)19(15)11-10-16(18)13-5-7-14(17)8-6-13/h5-8,12,15-16H,3-4,9-11,18H2,1-2H3. The van der Waals surface area contributed by atoms with Crippen LogP contribution in [0.15, 0.2) is 24.3 Å². The summed E-state index contributed by atoms with van der Waals surface area (Å²) >= 11 is 0. The molecule has 1 aliphatic rings. The molecule has 0 aromatic heterocycles. The van der Waals surface area contributed by atoms with Crippen molar-refractivity contribution in [3.8, 4) is 0 Å². The van der Waals surface area contributed by atoms with Gasteiger partial charge in [0.15, 0.2) is 0 Å². The lowest BCUT2D eigenvalue weighted by Gasteiger charge is -2.28. The van der Waals surface area contributed by atoms with Crippen molar-refractivity contribution in [2.24, 2.45) is 5.73 Å². The van der Waals surface area contributed by atoms with Crippen LogP contribution in [0.4, 0.5) is 4.39 Å². The fourth-order valence-corrected chi connectivity index (χ4v) is 3.13. The van der Waals surface area contributed by atoms with E-state index in [2.05, 4.69) is 18.7 Å². The summed E-state index contributed by atoms with van der Waals surface area (Å²) in [6.07, 6.45) is 4.76. The summed E-state index contributed by atoms with van der Waals surface area (Å²) in [5, 5.41) is 0. The van der Waals surface area contributed by atoms with Crippen LogP contribution in [0.25, 0.3) is 0 Å². The Balaban J connectivity index is 1.89. The van der Waals surface area contributed by atoms with Crippen molar-refractivity contribution in [2.75, 3.05) is 6.54 Å². The number of hydrogen-bond donors (Lipinski definition) is 1. The van der Waals surface area contributed by atoms with Crippen molar-refractivity contribution >= 4 is 0 Å². The third-order valence-electron chi connectivity index (χ3n) is 4.42. The summed E-state index contributed by atoms with van der Waals surface area (Å²) in [6.45, 7) is 5.60. The predicted molar refractivity (Wildman–Crippen MR) is 77.4 cm³/mol. The molecule has 3 atom stereocenters. The van der Waals surface area contributed by atoms with Crippen LogP contribution in [-0.4, -0.2) is 23.5 Å². The lowest BCUT2D eigenvalue weighted by Crippen LogP contribution is -2.36. The second-order valence-electron chi connectivity index (χ2n) is 5.67. The molecule has 3 heteroatoms. The smallest absolute Gasteiger partial charge is 0.123 e. The first-order chi connectivity index (χ1) is 9.11. The molecule has 3 unspecified atom stereocenters. The number of nitrogens with zero attached hydrogens (tertiary/aromatic N) is 1. The van der Waals surface area contributed by atoms with Crippen LogP contribution in [0.1, 0.15) is 51.1 Å². The summed E-state index contributed by atoms with van der Waals surface area (Å²) in [4.78, 5) is 2.59. The summed E-state index contributed by atoms with van der Waals surface area (Å²) in [7, 11) is 0. The predicted octanol–water partition coefficient (Wildman–Crippen LogP) is 3.48. The maximum Gasteiger partial charge on any atom is 0.123 e. The Bertz CT molecular complexity index is 390. The van der Waals surface area contributed by atoms with E-state index in [1.807, 2.05) is 0 Å². The normalized spacial score (nSPS) is 25.7. The maximum absolute atomic E-state index is 12.9. The minimum absolute atomic E-state index is 0.00547. The zero-order chi connectivity index (χ0) is 13.8. The van der Waals surface area contributed by atoms with Gasteiger partial charge in [-0.1, -0.05) is 19.1 Å². The minimum atomic E-state index is -0.199. The lowest BCUT2D eigenvalue weighted by atomic mass is 10.0. The summed E-state index contributed by atoms with van der Waals surface area (Å²) in [5.74, 6) is -0.199. The van der Waals surface area contributed by atoms with Gasteiger partial charge in [0.1, 0.15) is 5.82 Å². The fourth-order valence-electron chi connectivity index (χ4n) is 3.13. The molecule has 0 amide bonds. The molecule has 0 spiro atoms. The Hall–Kier alpha value is -0.930. The zero-order valence-electron chi connectivity index (χ0n) is 12.0. The van der Waals surface area contributed by atoms with Gasteiger partial charge in [-0.25, -0.2) is 4.39 Å². The molecule has 1 aromatic carbocycles. The van der Waals surface area contributed by atoms with Crippen molar-refractivity contribution in [3.05, 3.63) is 35.6 Å². The number of halogens is 1. The number of hydrogen-bond acceptors (Lipinski definition) is 2. The highest BCUT2D eigenvalue weighted by Crippen LogP contribution is 2.27. The van der Waals surface area contributed by atoms with Gasteiger partial charge in [-0.2, -0.15) is 0 Å². The average Bonchev–Trinajstić information content (AvgIpc) is 2.77. The quantitative estimate of drug-likeness (QED) is 0.882. The Morgan fingerprint density at radius 3 is 2.63 bits per heavy atom. The Kier molecular flexibility index (Phi) is 4.94. The molecule has 0 radical (unpaired) electrons. The van der Waals surface area contributed by atoms with Crippen molar-refractivity contribution in [1.29, 1.82) is 0 Å². The molecular formula is C16H25FN2. The zero-order valence-corrected chi connectivity index (χ0v) is 12.0. The highest BCUT2D eigenvalue weighted by atomic mass is 19.1. The molecule has 0 aliphatic carbocycles. The number of nitrogens with two attached hydrogens (primary N) is 1. The SMILES string of the molecule is CCC1CCC(C)N1CCC(N)c1ccc(F)cc1. The molecule has 1 aliphatic heterocycles. The average molecular weight is 264 g/mol. The van der Waals surface area contributed by atoms with Gasteiger partial charge in [0.2, 0.25) is 0 Å². The molecule has 1 aromatic rings. The van der Waals surface area contributed by atoms with Gasteiger partial charge in [0.05, 0.1) is 0 Å². The highest BCUT2D eigenvalue weighted by molar-refractivity contribution is 5.19. The Morgan fingerprint density at radius 2 is 2.00 bits per heavy atom. The third-order valence-corrected chi connectivity index (χ3v) is 4.42. The van der Waals surface area contributed by atoms with Gasteiger partial charge in [-0.15, -0.1) is 0 Å². The Labute approximate surface area is 115 Å². The van der Waals surface area contributed by atoms with Gasteiger partial charge in [-0.3, -0.25) is 4.90 Å². The first-order valence-electron chi connectivity index (χ1n) is 7.38. The first kappa shape index (κ1) is 14.5.